The fourth-order valence-corrected chi connectivity index (χ4v) is 2.81. The number of carbonyl (C=O) groups excluding carboxylic acids is 1. The molecule has 1 aromatic carbocycles. The van der Waals surface area contributed by atoms with E-state index in [-0.39, 0.29) is 11.9 Å². The Morgan fingerprint density at radius 2 is 2.39 bits per heavy atom. The van der Waals surface area contributed by atoms with Gasteiger partial charge in [0.15, 0.2) is 0 Å². The zero-order chi connectivity index (χ0) is 13.1. The maximum Gasteiger partial charge on any atom is 0.242 e. The van der Waals surface area contributed by atoms with Crippen LogP contribution in [0.15, 0.2) is 12.1 Å². The van der Waals surface area contributed by atoms with Crippen LogP contribution in [0.2, 0.25) is 5.02 Å². The number of halogens is 1. The second-order valence-electron chi connectivity index (χ2n) is 4.06. The molecule has 1 atom stereocenters. The van der Waals surface area contributed by atoms with Gasteiger partial charge in [-0.2, -0.15) is 0 Å². The standard InChI is InChI=1S/C12H15ClN2O2S/c1-7-3-11(17-2)9(4-8(7)13)15-12(16)10-5-18-6-14-10/h3-4,10,14H,5-6H2,1-2H3,(H,15,16). The SMILES string of the molecule is COc1cc(C)c(Cl)cc1NC(=O)C1CSCN1. The zero-order valence-electron chi connectivity index (χ0n) is 10.2. The van der Waals surface area contributed by atoms with E-state index >= 15 is 0 Å². The number of hydrogen-bond acceptors (Lipinski definition) is 4. The van der Waals surface area contributed by atoms with Crippen molar-refractivity contribution in [3.05, 3.63) is 22.7 Å². The molecule has 0 radical (unpaired) electrons. The number of benzene rings is 1. The summed E-state index contributed by atoms with van der Waals surface area (Å²) < 4.78 is 5.25. The third-order valence-electron chi connectivity index (χ3n) is 2.77. The molecule has 1 unspecified atom stereocenters. The molecule has 18 heavy (non-hydrogen) atoms. The summed E-state index contributed by atoms with van der Waals surface area (Å²) in [5.41, 5.74) is 1.53. The van der Waals surface area contributed by atoms with Crippen LogP contribution in [-0.4, -0.2) is 30.7 Å². The second kappa shape index (κ2) is 5.82. The van der Waals surface area contributed by atoms with Crippen molar-refractivity contribution in [1.29, 1.82) is 0 Å². The highest BCUT2D eigenvalue weighted by Gasteiger charge is 2.23. The highest BCUT2D eigenvalue weighted by molar-refractivity contribution is 7.99. The normalized spacial score (nSPS) is 18.7. The quantitative estimate of drug-likeness (QED) is 0.895. The van der Waals surface area contributed by atoms with Crippen molar-refractivity contribution in [2.24, 2.45) is 0 Å². The first-order valence-electron chi connectivity index (χ1n) is 5.58. The van der Waals surface area contributed by atoms with Gasteiger partial charge in [0.05, 0.1) is 18.8 Å². The van der Waals surface area contributed by atoms with E-state index in [4.69, 9.17) is 16.3 Å². The summed E-state index contributed by atoms with van der Waals surface area (Å²) >= 11 is 7.77. The van der Waals surface area contributed by atoms with Crippen LogP contribution in [-0.2, 0) is 4.79 Å². The number of anilines is 1. The summed E-state index contributed by atoms with van der Waals surface area (Å²) in [6.07, 6.45) is 0. The number of nitrogens with one attached hydrogen (secondary N) is 2. The van der Waals surface area contributed by atoms with E-state index in [1.165, 1.54) is 0 Å². The third-order valence-corrected chi connectivity index (χ3v) is 4.12. The average molecular weight is 287 g/mol. The van der Waals surface area contributed by atoms with Gasteiger partial charge in [0.2, 0.25) is 5.91 Å². The number of ether oxygens (including phenoxy) is 1. The lowest BCUT2D eigenvalue weighted by Gasteiger charge is -2.14. The molecular formula is C12H15ClN2O2S. The Balaban J connectivity index is 2.17. The summed E-state index contributed by atoms with van der Waals surface area (Å²) in [5, 5.41) is 6.58. The molecule has 1 fully saturated rings. The van der Waals surface area contributed by atoms with Gasteiger partial charge in [-0.3, -0.25) is 10.1 Å². The Labute approximate surface area is 115 Å². The predicted octanol–water partition coefficient (Wildman–Crippen LogP) is 2.26. The molecule has 2 N–H and O–H groups in total. The summed E-state index contributed by atoms with van der Waals surface area (Å²) in [7, 11) is 1.57. The molecule has 1 amide bonds. The number of aryl methyl sites for hydroxylation is 1. The van der Waals surface area contributed by atoms with Gasteiger partial charge in [0.1, 0.15) is 5.75 Å². The minimum Gasteiger partial charge on any atom is -0.495 e. The van der Waals surface area contributed by atoms with E-state index in [0.717, 1.165) is 17.2 Å². The molecule has 1 aliphatic rings. The van der Waals surface area contributed by atoms with Crippen molar-refractivity contribution in [2.45, 2.75) is 13.0 Å². The summed E-state index contributed by atoms with van der Waals surface area (Å²) in [4.78, 5) is 12.0. The van der Waals surface area contributed by atoms with Crippen LogP contribution in [0.1, 0.15) is 5.56 Å². The van der Waals surface area contributed by atoms with Crippen LogP contribution in [0.5, 0.6) is 5.75 Å². The summed E-state index contributed by atoms with van der Waals surface area (Å²) in [5.74, 6) is 2.16. The summed E-state index contributed by atoms with van der Waals surface area (Å²) in [6, 6.07) is 3.38. The molecule has 0 saturated carbocycles. The highest BCUT2D eigenvalue weighted by atomic mass is 35.5. The largest absolute Gasteiger partial charge is 0.495 e. The fraction of sp³-hybridized carbons (Fsp3) is 0.417. The summed E-state index contributed by atoms with van der Waals surface area (Å²) in [6.45, 7) is 1.89. The van der Waals surface area contributed by atoms with E-state index in [9.17, 15) is 4.79 Å². The van der Waals surface area contributed by atoms with Crippen molar-refractivity contribution in [1.82, 2.24) is 5.32 Å². The first kappa shape index (κ1) is 13.5. The lowest BCUT2D eigenvalue weighted by atomic mass is 10.2. The van der Waals surface area contributed by atoms with Crippen molar-refractivity contribution in [3.63, 3.8) is 0 Å². The molecule has 1 saturated heterocycles. The first-order chi connectivity index (χ1) is 8.61. The molecule has 2 rings (SSSR count). The smallest absolute Gasteiger partial charge is 0.242 e. The van der Waals surface area contributed by atoms with Crippen LogP contribution in [0, 0.1) is 6.92 Å². The number of methoxy groups -OCH3 is 1. The van der Waals surface area contributed by atoms with Crippen molar-refractivity contribution in [3.8, 4) is 5.75 Å². The Hall–Kier alpha value is -0.910. The van der Waals surface area contributed by atoms with Gasteiger partial charge < -0.3 is 10.1 Å². The van der Waals surface area contributed by atoms with Crippen molar-refractivity contribution >= 4 is 35.0 Å². The lowest BCUT2D eigenvalue weighted by molar-refractivity contribution is -0.117. The molecule has 1 aliphatic heterocycles. The Kier molecular flexibility index (Phi) is 4.37. The number of thioether (sulfide) groups is 1. The molecule has 0 bridgehead atoms. The van der Waals surface area contributed by atoms with E-state index in [2.05, 4.69) is 10.6 Å². The van der Waals surface area contributed by atoms with Crippen LogP contribution in [0.3, 0.4) is 0 Å². The molecule has 0 spiro atoms. The number of carbonyl (C=O) groups is 1. The molecule has 0 aliphatic carbocycles. The second-order valence-corrected chi connectivity index (χ2v) is 5.50. The van der Waals surface area contributed by atoms with Gasteiger partial charge in [-0.1, -0.05) is 11.6 Å². The molecule has 4 nitrogen and oxygen atoms in total. The molecular weight excluding hydrogens is 272 g/mol. The monoisotopic (exact) mass is 286 g/mol. The Bertz CT molecular complexity index is 462. The van der Waals surface area contributed by atoms with Crippen molar-refractivity contribution in [2.75, 3.05) is 24.1 Å². The van der Waals surface area contributed by atoms with E-state index in [1.807, 2.05) is 13.0 Å². The fourth-order valence-electron chi connectivity index (χ4n) is 1.71. The molecule has 98 valence electrons. The third kappa shape index (κ3) is 2.91. The topological polar surface area (TPSA) is 50.4 Å². The van der Waals surface area contributed by atoms with Gasteiger partial charge in [0.25, 0.3) is 0 Å². The van der Waals surface area contributed by atoms with E-state index in [1.54, 1.807) is 24.9 Å². The van der Waals surface area contributed by atoms with Crippen molar-refractivity contribution < 1.29 is 9.53 Å². The minimum atomic E-state index is -0.153. The Morgan fingerprint density at radius 1 is 1.61 bits per heavy atom. The van der Waals surface area contributed by atoms with Crippen LogP contribution in [0.4, 0.5) is 5.69 Å². The molecule has 6 heteroatoms. The molecule has 1 aromatic rings. The predicted molar refractivity (Wildman–Crippen MR) is 75.6 cm³/mol. The minimum absolute atomic E-state index is 0.0572. The lowest BCUT2D eigenvalue weighted by Crippen LogP contribution is -2.37. The van der Waals surface area contributed by atoms with Gasteiger partial charge in [-0.15, -0.1) is 11.8 Å². The highest BCUT2D eigenvalue weighted by Crippen LogP contribution is 2.31. The first-order valence-corrected chi connectivity index (χ1v) is 7.11. The van der Waals surface area contributed by atoms with E-state index < -0.39 is 0 Å². The number of amides is 1. The maximum absolute atomic E-state index is 12.0. The zero-order valence-corrected chi connectivity index (χ0v) is 11.8. The van der Waals surface area contributed by atoms with Crippen LogP contribution in [0.25, 0.3) is 0 Å². The number of hydrogen-bond donors (Lipinski definition) is 2. The van der Waals surface area contributed by atoms with Gasteiger partial charge in [0, 0.05) is 16.7 Å². The molecule has 1 heterocycles. The number of rotatable bonds is 3. The maximum atomic E-state index is 12.0. The Morgan fingerprint density at radius 3 is 3.00 bits per heavy atom. The van der Waals surface area contributed by atoms with Gasteiger partial charge in [-0.05, 0) is 24.6 Å². The van der Waals surface area contributed by atoms with E-state index in [0.29, 0.717) is 16.5 Å². The van der Waals surface area contributed by atoms with Crippen LogP contribution >= 0.6 is 23.4 Å². The van der Waals surface area contributed by atoms with Crippen LogP contribution < -0.4 is 15.4 Å². The average Bonchev–Trinajstić information content (AvgIpc) is 2.87. The van der Waals surface area contributed by atoms with Gasteiger partial charge >= 0.3 is 0 Å². The van der Waals surface area contributed by atoms with Gasteiger partial charge in [-0.25, -0.2) is 0 Å². The molecule has 0 aromatic heterocycles.